The van der Waals surface area contributed by atoms with E-state index in [0.717, 1.165) is 37.6 Å². The Morgan fingerprint density at radius 3 is 2.39 bits per heavy atom. The summed E-state index contributed by atoms with van der Waals surface area (Å²) in [5.74, 6) is -0.619. The fourth-order valence-corrected chi connectivity index (χ4v) is 3.58. The molecule has 1 heterocycles. The van der Waals surface area contributed by atoms with E-state index in [-0.39, 0.29) is 12.7 Å². The molecule has 1 aliphatic rings. The van der Waals surface area contributed by atoms with Gasteiger partial charge < -0.3 is 29.9 Å². The summed E-state index contributed by atoms with van der Waals surface area (Å²) in [4.78, 5) is 2.12. The maximum Gasteiger partial charge on any atom is 0.161 e. The Bertz CT molecular complexity index is 844. The normalized spacial score (nSPS) is 16.3. The van der Waals surface area contributed by atoms with Crippen LogP contribution in [0.1, 0.15) is 24.0 Å². The van der Waals surface area contributed by atoms with Crippen molar-refractivity contribution in [2.24, 2.45) is 0 Å². The van der Waals surface area contributed by atoms with Gasteiger partial charge in [-0.1, -0.05) is 12.1 Å². The minimum atomic E-state index is -0.859. The van der Waals surface area contributed by atoms with Crippen LogP contribution < -0.4 is 14.8 Å². The lowest BCUT2D eigenvalue weighted by Gasteiger charge is -2.30. The zero-order chi connectivity index (χ0) is 22.2. The molecule has 170 valence electrons. The Hall–Kier alpha value is -2.26. The van der Waals surface area contributed by atoms with Crippen LogP contribution in [-0.4, -0.2) is 60.7 Å². The van der Waals surface area contributed by atoms with E-state index in [1.807, 2.05) is 12.1 Å². The number of ether oxygens (including phenoxy) is 2. The number of aliphatic hydroxyl groups excluding tert-OH is 2. The summed E-state index contributed by atoms with van der Waals surface area (Å²) in [7, 11) is 1.55. The molecule has 1 fully saturated rings. The van der Waals surface area contributed by atoms with Gasteiger partial charge in [0.25, 0.3) is 0 Å². The SMILES string of the molecule is COc1cc(CNCc2ccc(F)c(F)c2)ccc1OC[C@H](O)CN1CCC(O)CC1. The topological polar surface area (TPSA) is 74.2 Å². The fourth-order valence-electron chi connectivity index (χ4n) is 3.58. The highest BCUT2D eigenvalue weighted by Crippen LogP contribution is 2.28. The first kappa shape index (κ1) is 23.4. The second-order valence-corrected chi connectivity index (χ2v) is 7.83. The number of hydrogen-bond donors (Lipinski definition) is 3. The van der Waals surface area contributed by atoms with Crippen LogP contribution in [0.3, 0.4) is 0 Å². The zero-order valence-electron chi connectivity index (χ0n) is 17.7. The number of likely N-dealkylation sites (tertiary alicyclic amines) is 1. The summed E-state index contributed by atoms with van der Waals surface area (Å²) in [5.41, 5.74) is 1.60. The lowest BCUT2D eigenvalue weighted by molar-refractivity contribution is 0.0333. The Kier molecular flexibility index (Phi) is 8.60. The number of piperidine rings is 1. The van der Waals surface area contributed by atoms with Crippen LogP contribution in [-0.2, 0) is 13.1 Å². The summed E-state index contributed by atoms with van der Waals surface area (Å²) < 4.78 is 37.5. The van der Waals surface area contributed by atoms with Gasteiger partial charge >= 0.3 is 0 Å². The lowest BCUT2D eigenvalue weighted by Crippen LogP contribution is -2.41. The highest BCUT2D eigenvalue weighted by atomic mass is 19.2. The van der Waals surface area contributed by atoms with Crippen molar-refractivity contribution in [1.29, 1.82) is 0 Å². The average Bonchev–Trinajstić information content (AvgIpc) is 2.76. The predicted octanol–water partition coefficient (Wildman–Crippen LogP) is 2.46. The van der Waals surface area contributed by atoms with Gasteiger partial charge in [0.2, 0.25) is 0 Å². The standard InChI is InChI=1S/C23H30F2N2O4/c1-30-23-11-17(13-26-12-16-2-4-20(24)21(25)10-16)3-5-22(23)31-15-19(29)14-27-8-6-18(28)7-9-27/h2-5,10-11,18-19,26,28-29H,6-9,12-15H2,1H3/t19-/m1/s1. The minimum Gasteiger partial charge on any atom is -0.493 e. The molecule has 8 heteroatoms. The lowest BCUT2D eigenvalue weighted by atomic mass is 10.1. The number of methoxy groups -OCH3 is 1. The van der Waals surface area contributed by atoms with Gasteiger partial charge in [-0.25, -0.2) is 8.78 Å². The van der Waals surface area contributed by atoms with Gasteiger partial charge in [-0.3, -0.25) is 0 Å². The number of halogens is 2. The van der Waals surface area contributed by atoms with Gasteiger partial charge in [-0.05, 0) is 48.2 Å². The van der Waals surface area contributed by atoms with Crippen LogP contribution in [0.2, 0.25) is 0 Å². The van der Waals surface area contributed by atoms with E-state index < -0.39 is 17.7 Å². The molecule has 2 aromatic rings. The maximum atomic E-state index is 13.3. The summed E-state index contributed by atoms with van der Waals surface area (Å²) in [6.45, 7) is 3.10. The van der Waals surface area contributed by atoms with E-state index >= 15 is 0 Å². The third-order valence-electron chi connectivity index (χ3n) is 5.33. The van der Waals surface area contributed by atoms with Crippen molar-refractivity contribution in [2.75, 3.05) is 33.4 Å². The Balaban J connectivity index is 1.46. The molecule has 0 amide bonds. The molecule has 3 N–H and O–H groups in total. The molecule has 0 saturated carbocycles. The van der Waals surface area contributed by atoms with Gasteiger partial charge in [0.15, 0.2) is 23.1 Å². The molecular weight excluding hydrogens is 406 g/mol. The maximum absolute atomic E-state index is 13.3. The van der Waals surface area contributed by atoms with Crippen molar-refractivity contribution in [3.63, 3.8) is 0 Å². The molecule has 1 saturated heterocycles. The summed E-state index contributed by atoms with van der Waals surface area (Å²) in [6.07, 6.45) is 0.580. The van der Waals surface area contributed by atoms with Crippen molar-refractivity contribution in [2.45, 2.75) is 38.1 Å². The van der Waals surface area contributed by atoms with E-state index in [0.29, 0.717) is 36.7 Å². The molecule has 0 aliphatic carbocycles. The largest absolute Gasteiger partial charge is 0.493 e. The highest BCUT2D eigenvalue weighted by molar-refractivity contribution is 5.43. The Morgan fingerprint density at radius 2 is 1.71 bits per heavy atom. The predicted molar refractivity (Wildman–Crippen MR) is 113 cm³/mol. The highest BCUT2D eigenvalue weighted by Gasteiger charge is 2.20. The number of benzene rings is 2. The van der Waals surface area contributed by atoms with E-state index in [4.69, 9.17) is 9.47 Å². The average molecular weight is 436 g/mol. The Morgan fingerprint density at radius 1 is 1.03 bits per heavy atom. The van der Waals surface area contributed by atoms with Crippen molar-refractivity contribution in [1.82, 2.24) is 10.2 Å². The number of rotatable bonds is 10. The van der Waals surface area contributed by atoms with E-state index in [1.165, 1.54) is 6.07 Å². The minimum absolute atomic E-state index is 0.142. The van der Waals surface area contributed by atoms with Crippen LogP contribution in [0, 0.1) is 11.6 Å². The quantitative estimate of drug-likeness (QED) is 0.532. The Labute approximate surface area is 181 Å². The van der Waals surface area contributed by atoms with Crippen LogP contribution in [0.4, 0.5) is 8.78 Å². The van der Waals surface area contributed by atoms with E-state index in [9.17, 15) is 19.0 Å². The van der Waals surface area contributed by atoms with E-state index in [2.05, 4.69) is 10.2 Å². The monoisotopic (exact) mass is 436 g/mol. The van der Waals surface area contributed by atoms with Crippen LogP contribution >= 0.6 is 0 Å². The fraction of sp³-hybridized carbons (Fsp3) is 0.478. The summed E-state index contributed by atoms with van der Waals surface area (Å²) in [6, 6.07) is 9.35. The first-order valence-electron chi connectivity index (χ1n) is 10.5. The molecule has 0 spiro atoms. The van der Waals surface area contributed by atoms with Gasteiger partial charge in [-0.2, -0.15) is 0 Å². The molecule has 0 bridgehead atoms. The molecule has 1 atom stereocenters. The smallest absolute Gasteiger partial charge is 0.161 e. The second kappa shape index (κ2) is 11.4. The molecule has 3 rings (SSSR count). The number of β-amino-alcohol motifs (C(OH)–C–C–N with tert-alkyl or cyclic N) is 1. The second-order valence-electron chi connectivity index (χ2n) is 7.83. The van der Waals surface area contributed by atoms with Crippen LogP contribution in [0.5, 0.6) is 11.5 Å². The molecule has 2 aromatic carbocycles. The van der Waals surface area contributed by atoms with Gasteiger partial charge in [0, 0.05) is 32.7 Å². The molecular formula is C23H30F2N2O4. The van der Waals surface area contributed by atoms with Gasteiger partial charge in [0.05, 0.1) is 13.2 Å². The first-order chi connectivity index (χ1) is 14.9. The number of nitrogens with one attached hydrogen (secondary N) is 1. The number of hydrogen-bond acceptors (Lipinski definition) is 6. The van der Waals surface area contributed by atoms with E-state index in [1.54, 1.807) is 19.2 Å². The zero-order valence-corrected chi connectivity index (χ0v) is 17.7. The van der Waals surface area contributed by atoms with Crippen LogP contribution in [0.15, 0.2) is 36.4 Å². The van der Waals surface area contributed by atoms with Gasteiger partial charge in [0.1, 0.15) is 12.7 Å². The number of nitrogens with zero attached hydrogens (tertiary/aromatic N) is 1. The summed E-state index contributed by atoms with van der Waals surface area (Å²) >= 11 is 0. The molecule has 0 unspecified atom stereocenters. The third kappa shape index (κ3) is 7.14. The molecule has 31 heavy (non-hydrogen) atoms. The molecule has 1 aliphatic heterocycles. The third-order valence-corrected chi connectivity index (χ3v) is 5.33. The molecule has 6 nitrogen and oxygen atoms in total. The van der Waals surface area contributed by atoms with Gasteiger partial charge in [-0.15, -0.1) is 0 Å². The molecule has 0 aromatic heterocycles. The number of aliphatic hydroxyl groups is 2. The van der Waals surface area contributed by atoms with Crippen molar-refractivity contribution < 1.29 is 28.5 Å². The molecule has 0 radical (unpaired) electrons. The summed E-state index contributed by atoms with van der Waals surface area (Å²) in [5, 5.41) is 23.0. The van der Waals surface area contributed by atoms with Crippen molar-refractivity contribution >= 4 is 0 Å². The van der Waals surface area contributed by atoms with Crippen LogP contribution in [0.25, 0.3) is 0 Å². The first-order valence-corrected chi connectivity index (χ1v) is 10.5. The van der Waals surface area contributed by atoms with Crippen molar-refractivity contribution in [3.05, 3.63) is 59.2 Å². The van der Waals surface area contributed by atoms with Crippen molar-refractivity contribution in [3.8, 4) is 11.5 Å².